The van der Waals surface area contributed by atoms with Gasteiger partial charge in [0, 0.05) is 18.0 Å². The molecule has 0 spiro atoms. The number of rotatable bonds is 3. The lowest BCUT2D eigenvalue weighted by atomic mass is 9.96. The van der Waals surface area contributed by atoms with E-state index in [1.54, 1.807) is 0 Å². The van der Waals surface area contributed by atoms with E-state index in [4.69, 9.17) is 0 Å². The van der Waals surface area contributed by atoms with E-state index in [-0.39, 0.29) is 0 Å². The molecular formula is C17H12N5. The molecular weight excluding hydrogens is 274 g/mol. The van der Waals surface area contributed by atoms with Gasteiger partial charge >= 0.3 is 0 Å². The van der Waals surface area contributed by atoms with E-state index >= 15 is 0 Å². The van der Waals surface area contributed by atoms with Crippen LogP contribution in [0.2, 0.25) is 0 Å². The Morgan fingerprint density at radius 3 is 2.73 bits per heavy atom. The van der Waals surface area contributed by atoms with Crippen molar-refractivity contribution in [1.82, 2.24) is 25.6 Å². The highest BCUT2D eigenvalue weighted by Gasteiger charge is 2.11. The van der Waals surface area contributed by atoms with Gasteiger partial charge in [0.15, 0.2) is 0 Å². The maximum atomic E-state index is 4.07. The van der Waals surface area contributed by atoms with Gasteiger partial charge in [-0.2, -0.15) is 5.21 Å². The third-order valence-corrected chi connectivity index (χ3v) is 3.56. The molecule has 0 saturated heterocycles. The summed E-state index contributed by atoms with van der Waals surface area (Å²) in [5.74, 6) is 0.568. The van der Waals surface area contributed by atoms with Gasteiger partial charge < -0.3 is 4.98 Å². The lowest BCUT2D eigenvalue weighted by Gasteiger charge is -2.08. The summed E-state index contributed by atoms with van der Waals surface area (Å²) in [6.45, 7) is 0. The van der Waals surface area contributed by atoms with Gasteiger partial charge in [0.25, 0.3) is 0 Å². The van der Waals surface area contributed by atoms with Gasteiger partial charge in [-0.3, -0.25) is 0 Å². The van der Waals surface area contributed by atoms with E-state index in [0.29, 0.717) is 5.82 Å². The van der Waals surface area contributed by atoms with E-state index in [9.17, 15) is 0 Å². The van der Waals surface area contributed by atoms with Crippen molar-refractivity contribution in [3.05, 3.63) is 67.0 Å². The second-order valence-electron chi connectivity index (χ2n) is 4.89. The summed E-state index contributed by atoms with van der Waals surface area (Å²) in [5.41, 5.74) is 5.38. The molecule has 0 fully saturated rings. The number of hydrogen-bond acceptors (Lipinski definition) is 3. The summed E-state index contributed by atoms with van der Waals surface area (Å²) in [6, 6.07) is 19.3. The first kappa shape index (κ1) is 12.5. The number of hydrogen-bond donors (Lipinski definition) is 2. The van der Waals surface area contributed by atoms with Crippen molar-refractivity contribution in [3.8, 4) is 33.6 Å². The minimum absolute atomic E-state index is 0.568. The van der Waals surface area contributed by atoms with E-state index < -0.39 is 0 Å². The lowest BCUT2D eigenvalue weighted by Crippen LogP contribution is -1.88. The topological polar surface area (TPSA) is 70.2 Å². The number of aromatic nitrogens is 5. The van der Waals surface area contributed by atoms with Crippen molar-refractivity contribution in [2.45, 2.75) is 0 Å². The van der Waals surface area contributed by atoms with E-state index in [1.807, 2.05) is 36.7 Å². The standard InChI is InChI=1S/C17H12N5/c1-2-7-16(17-19-21-22-20-17)15(6-1)13-5-3-4-12(10-13)14-8-9-18-11-14/h1,3-11,18H,(H,19,20,21,22). The number of nitrogens with one attached hydrogen (secondary N) is 2. The number of aromatic amines is 2. The predicted molar refractivity (Wildman–Crippen MR) is 83.7 cm³/mol. The molecule has 0 aliphatic heterocycles. The average Bonchev–Trinajstić information content (AvgIpc) is 3.28. The number of H-pyrrole nitrogens is 2. The molecule has 0 unspecified atom stereocenters. The SMILES string of the molecule is [c]1ccc(-c2cccc(-c3cc[nH]c3)c2)c(-c2nn[nH]n2)c1. The van der Waals surface area contributed by atoms with Crippen molar-refractivity contribution in [3.63, 3.8) is 0 Å². The molecule has 0 saturated carbocycles. The zero-order valence-electron chi connectivity index (χ0n) is 11.6. The first-order valence-electron chi connectivity index (χ1n) is 6.89. The fourth-order valence-corrected chi connectivity index (χ4v) is 2.51. The quantitative estimate of drug-likeness (QED) is 0.607. The first-order valence-corrected chi connectivity index (χ1v) is 6.89. The van der Waals surface area contributed by atoms with Crippen molar-refractivity contribution >= 4 is 0 Å². The Bertz CT molecular complexity index is 879. The van der Waals surface area contributed by atoms with E-state index in [2.05, 4.69) is 55.9 Å². The number of tetrazole rings is 1. The molecule has 2 aromatic heterocycles. The van der Waals surface area contributed by atoms with Crippen molar-refractivity contribution in [2.75, 3.05) is 0 Å². The molecule has 0 aliphatic carbocycles. The summed E-state index contributed by atoms with van der Waals surface area (Å²) in [7, 11) is 0. The first-order chi connectivity index (χ1) is 10.9. The monoisotopic (exact) mass is 286 g/mol. The van der Waals surface area contributed by atoms with Crippen molar-refractivity contribution in [1.29, 1.82) is 0 Å². The molecule has 2 N–H and O–H groups in total. The minimum Gasteiger partial charge on any atom is -0.367 e. The molecule has 2 aromatic carbocycles. The van der Waals surface area contributed by atoms with Gasteiger partial charge in [0.1, 0.15) is 0 Å². The second-order valence-corrected chi connectivity index (χ2v) is 4.89. The number of benzene rings is 2. The highest BCUT2D eigenvalue weighted by atomic mass is 15.5. The summed E-state index contributed by atoms with van der Waals surface area (Å²) < 4.78 is 0. The van der Waals surface area contributed by atoms with Crippen molar-refractivity contribution in [2.24, 2.45) is 0 Å². The Morgan fingerprint density at radius 1 is 0.955 bits per heavy atom. The molecule has 5 heteroatoms. The highest BCUT2D eigenvalue weighted by molar-refractivity contribution is 5.82. The summed E-state index contributed by atoms with van der Waals surface area (Å²) in [6.07, 6.45) is 3.90. The van der Waals surface area contributed by atoms with Crippen LogP contribution in [0.5, 0.6) is 0 Å². The summed E-state index contributed by atoms with van der Waals surface area (Å²) in [4.78, 5) is 3.08. The van der Waals surface area contributed by atoms with Crippen LogP contribution in [0.25, 0.3) is 33.6 Å². The molecule has 4 rings (SSSR count). The number of nitrogens with zero attached hydrogens (tertiary/aromatic N) is 3. The van der Waals surface area contributed by atoms with Gasteiger partial charge in [-0.05, 0) is 51.7 Å². The average molecular weight is 286 g/mol. The van der Waals surface area contributed by atoms with Crippen LogP contribution in [0.3, 0.4) is 0 Å². The normalized spacial score (nSPS) is 10.7. The molecule has 0 amide bonds. The maximum Gasteiger partial charge on any atom is 0.205 e. The Labute approximate surface area is 127 Å². The summed E-state index contributed by atoms with van der Waals surface area (Å²) >= 11 is 0. The van der Waals surface area contributed by atoms with Gasteiger partial charge in [0.05, 0.1) is 0 Å². The highest BCUT2D eigenvalue weighted by Crippen LogP contribution is 2.32. The van der Waals surface area contributed by atoms with Gasteiger partial charge in [-0.15, -0.1) is 10.2 Å². The minimum atomic E-state index is 0.568. The predicted octanol–water partition coefficient (Wildman–Crippen LogP) is 3.33. The summed E-state index contributed by atoms with van der Waals surface area (Å²) in [5, 5.41) is 14.3. The van der Waals surface area contributed by atoms with Crippen LogP contribution in [0.1, 0.15) is 0 Å². The lowest BCUT2D eigenvalue weighted by molar-refractivity contribution is 0.881. The molecule has 0 aliphatic rings. The molecule has 1 radical (unpaired) electrons. The zero-order valence-corrected chi connectivity index (χ0v) is 11.6. The Balaban J connectivity index is 1.85. The molecule has 4 aromatic rings. The third-order valence-electron chi connectivity index (χ3n) is 3.56. The Morgan fingerprint density at radius 2 is 1.91 bits per heavy atom. The zero-order chi connectivity index (χ0) is 14.8. The fourth-order valence-electron chi connectivity index (χ4n) is 2.51. The molecule has 0 atom stereocenters. The van der Waals surface area contributed by atoms with Crippen LogP contribution in [0.15, 0.2) is 60.9 Å². The Hall–Kier alpha value is -3.21. The molecule has 22 heavy (non-hydrogen) atoms. The fraction of sp³-hybridized carbons (Fsp3) is 0. The van der Waals surface area contributed by atoms with Crippen LogP contribution in [-0.4, -0.2) is 25.6 Å². The van der Waals surface area contributed by atoms with E-state index in [1.165, 1.54) is 0 Å². The van der Waals surface area contributed by atoms with Crippen LogP contribution < -0.4 is 0 Å². The largest absolute Gasteiger partial charge is 0.367 e. The van der Waals surface area contributed by atoms with Crippen molar-refractivity contribution < 1.29 is 0 Å². The molecule has 5 nitrogen and oxygen atoms in total. The van der Waals surface area contributed by atoms with Crippen LogP contribution in [0, 0.1) is 6.07 Å². The third kappa shape index (κ3) is 2.18. The molecule has 0 bridgehead atoms. The second kappa shape index (κ2) is 5.29. The molecule has 105 valence electrons. The van der Waals surface area contributed by atoms with Crippen LogP contribution in [0.4, 0.5) is 0 Å². The van der Waals surface area contributed by atoms with E-state index in [0.717, 1.165) is 27.8 Å². The Kier molecular flexibility index (Phi) is 3.01. The van der Waals surface area contributed by atoms with Gasteiger partial charge in [0.2, 0.25) is 5.82 Å². The van der Waals surface area contributed by atoms with Gasteiger partial charge in [-0.25, -0.2) is 0 Å². The van der Waals surface area contributed by atoms with Gasteiger partial charge in [-0.1, -0.05) is 30.3 Å². The van der Waals surface area contributed by atoms with Crippen LogP contribution in [-0.2, 0) is 0 Å². The molecule has 2 heterocycles. The van der Waals surface area contributed by atoms with Crippen LogP contribution >= 0.6 is 0 Å². The maximum absolute atomic E-state index is 4.07. The smallest absolute Gasteiger partial charge is 0.205 e.